The Morgan fingerprint density at radius 3 is 2.74 bits per heavy atom. The van der Waals surface area contributed by atoms with Crippen molar-refractivity contribution >= 4 is 34.1 Å². The molecule has 19 heavy (non-hydrogen) atoms. The third-order valence-electron chi connectivity index (χ3n) is 2.89. The van der Waals surface area contributed by atoms with Crippen LogP contribution in [0.15, 0.2) is 23.1 Å². The van der Waals surface area contributed by atoms with Crippen molar-refractivity contribution in [3.05, 3.63) is 28.8 Å². The fraction of sp³-hybridized carbons (Fsp3) is 0.333. The molecule has 1 aliphatic heterocycles. The van der Waals surface area contributed by atoms with E-state index in [1.807, 2.05) is 0 Å². The first-order valence-electron chi connectivity index (χ1n) is 5.73. The lowest BCUT2D eigenvalue weighted by atomic mass is 10.2. The Morgan fingerprint density at radius 2 is 2.11 bits per heavy atom. The number of carbonyl (C=O) groups is 2. The second kappa shape index (κ2) is 5.13. The highest BCUT2D eigenvalue weighted by Crippen LogP contribution is 2.58. The fourth-order valence-corrected chi connectivity index (χ4v) is 3.79. The summed E-state index contributed by atoms with van der Waals surface area (Å²) >= 11 is 5.81. The first-order chi connectivity index (χ1) is 8.84. The third-order valence-corrected chi connectivity index (χ3v) is 5.04. The number of hydrogen-bond donors (Lipinski definition) is 2. The molecule has 0 aliphatic carbocycles. The molecule has 0 unspecified atom stereocenters. The minimum atomic E-state index is -3.30. The van der Waals surface area contributed by atoms with Crippen LogP contribution in [-0.2, 0) is 4.79 Å². The van der Waals surface area contributed by atoms with Gasteiger partial charge in [-0.3, -0.25) is 13.9 Å². The maximum Gasteiger partial charge on any atom is 0.274 e. The Kier molecular flexibility index (Phi) is 3.87. The second-order valence-electron chi connectivity index (χ2n) is 4.37. The minimum Gasteiger partial charge on any atom is -0.300 e. The summed E-state index contributed by atoms with van der Waals surface area (Å²) in [5.74, 6) is -0.454. The molecule has 5 nitrogen and oxygen atoms in total. The van der Waals surface area contributed by atoms with Crippen LogP contribution in [0.1, 0.15) is 30.1 Å². The number of ketones is 1. The fourth-order valence-electron chi connectivity index (χ4n) is 1.98. The molecule has 0 atom stereocenters. The predicted molar refractivity (Wildman–Crippen MR) is 73.5 cm³/mol. The number of fused-ring (bicyclic) bond motifs is 1. The summed E-state index contributed by atoms with van der Waals surface area (Å²) < 4.78 is 21.3. The Bertz CT molecular complexity index is 547. The lowest BCUT2D eigenvalue weighted by molar-refractivity contribution is -0.117. The van der Waals surface area contributed by atoms with Crippen molar-refractivity contribution in [1.82, 2.24) is 4.31 Å². The number of Topliss-reactive ketones (excluding diaryl/α,β-unsaturated/α-hetero) is 1. The molecule has 0 bridgehead atoms. The van der Waals surface area contributed by atoms with Crippen molar-refractivity contribution in [2.75, 3.05) is 6.54 Å². The van der Waals surface area contributed by atoms with Crippen LogP contribution in [0.25, 0.3) is 0 Å². The van der Waals surface area contributed by atoms with E-state index >= 15 is 0 Å². The summed E-state index contributed by atoms with van der Waals surface area (Å²) in [6.45, 7) is 1.59. The number of rotatable bonds is 4. The molecule has 7 heteroatoms. The van der Waals surface area contributed by atoms with Crippen LogP contribution in [0.2, 0.25) is 5.02 Å². The molecule has 0 spiro atoms. The zero-order valence-corrected chi connectivity index (χ0v) is 11.9. The molecular weight excluding hydrogens is 290 g/mol. The van der Waals surface area contributed by atoms with Crippen molar-refractivity contribution in [3.63, 3.8) is 0 Å². The predicted octanol–water partition coefficient (Wildman–Crippen LogP) is 3.19. The van der Waals surface area contributed by atoms with Gasteiger partial charge in [0.05, 0.1) is 10.5 Å². The van der Waals surface area contributed by atoms with Crippen LogP contribution in [0.5, 0.6) is 0 Å². The molecule has 0 aromatic heterocycles. The van der Waals surface area contributed by atoms with Crippen molar-refractivity contribution in [3.8, 4) is 0 Å². The van der Waals surface area contributed by atoms with Crippen molar-refractivity contribution in [2.45, 2.75) is 24.7 Å². The van der Waals surface area contributed by atoms with Crippen molar-refractivity contribution in [2.24, 2.45) is 0 Å². The molecule has 1 aliphatic rings. The third kappa shape index (κ3) is 2.62. The Hall–Kier alpha value is -1.08. The topological polar surface area (TPSA) is 77.8 Å². The standard InChI is InChI=1S/C12H14ClNO4S/c1-8(15)3-2-6-14-12(16)10-7-9(13)4-5-11(10)19(14,17)18/h4-5,7,17-18H,2-3,6H2,1H3. The normalized spacial score (nSPS) is 18.3. The Labute approximate surface area is 117 Å². The summed E-state index contributed by atoms with van der Waals surface area (Å²) in [7, 11) is -3.30. The van der Waals surface area contributed by atoms with E-state index in [4.69, 9.17) is 11.6 Å². The molecule has 1 heterocycles. The van der Waals surface area contributed by atoms with E-state index in [-0.39, 0.29) is 22.8 Å². The molecule has 1 amide bonds. The Balaban J connectivity index is 2.24. The largest absolute Gasteiger partial charge is 0.300 e. The van der Waals surface area contributed by atoms with Gasteiger partial charge in [0, 0.05) is 18.0 Å². The van der Waals surface area contributed by atoms with Crippen LogP contribution in [-0.4, -0.2) is 31.6 Å². The highest BCUT2D eigenvalue weighted by molar-refractivity contribution is 8.23. The Morgan fingerprint density at radius 1 is 1.42 bits per heavy atom. The average molecular weight is 304 g/mol. The zero-order chi connectivity index (χ0) is 14.2. The van der Waals surface area contributed by atoms with Gasteiger partial charge in [0.15, 0.2) is 0 Å². The number of hydrogen-bond acceptors (Lipinski definition) is 4. The lowest BCUT2D eigenvalue weighted by Gasteiger charge is -2.36. The van der Waals surface area contributed by atoms with Gasteiger partial charge in [-0.05, 0) is 31.5 Å². The monoisotopic (exact) mass is 303 g/mol. The molecule has 1 aromatic carbocycles. The quantitative estimate of drug-likeness (QED) is 0.895. The van der Waals surface area contributed by atoms with Crippen molar-refractivity contribution < 1.29 is 18.7 Å². The zero-order valence-electron chi connectivity index (χ0n) is 10.3. The number of amides is 1. The summed E-state index contributed by atoms with van der Waals surface area (Å²) in [4.78, 5) is 23.2. The van der Waals surface area contributed by atoms with Gasteiger partial charge >= 0.3 is 0 Å². The summed E-state index contributed by atoms with van der Waals surface area (Å²) in [5.41, 5.74) is 0.218. The van der Waals surface area contributed by atoms with Crippen LogP contribution in [0.4, 0.5) is 0 Å². The summed E-state index contributed by atoms with van der Waals surface area (Å²) in [6.07, 6.45) is 0.703. The van der Waals surface area contributed by atoms with Crippen LogP contribution in [0.3, 0.4) is 0 Å². The van der Waals surface area contributed by atoms with E-state index in [0.29, 0.717) is 17.9 Å². The highest BCUT2D eigenvalue weighted by atomic mass is 35.5. The van der Waals surface area contributed by atoms with Crippen LogP contribution < -0.4 is 0 Å². The number of nitrogens with zero attached hydrogens (tertiary/aromatic N) is 1. The molecule has 0 radical (unpaired) electrons. The average Bonchev–Trinajstić information content (AvgIpc) is 2.49. The molecule has 2 rings (SSSR count). The molecule has 0 fully saturated rings. The van der Waals surface area contributed by atoms with Gasteiger partial charge in [-0.1, -0.05) is 22.4 Å². The lowest BCUT2D eigenvalue weighted by Crippen LogP contribution is -2.28. The SMILES string of the molecule is CC(=O)CCCN1C(=O)c2cc(Cl)ccc2S1(O)O. The minimum absolute atomic E-state index is 0.00341. The number of halogens is 1. The molecule has 1 aromatic rings. The first-order valence-corrected chi connectivity index (χ1v) is 7.61. The molecule has 104 valence electrons. The van der Waals surface area contributed by atoms with E-state index in [1.165, 1.54) is 25.1 Å². The van der Waals surface area contributed by atoms with Gasteiger partial charge in [0.1, 0.15) is 5.78 Å². The second-order valence-corrected chi connectivity index (χ2v) is 6.73. The van der Waals surface area contributed by atoms with E-state index in [0.717, 1.165) is 4.31 Å². The molecule has 0 saturated carbocycles. The first kappa shape index (κ1) is 14.3. The van der Waals surface area contributed by atoms with Gasteiger partial charge in [0.25, 0.3) is 5.91 Å². The highest BCUT2D eigenvalue weighted by Gasteiger charge is 2.41. The van der Waals surface area contributed by atoms with E-state index < -0.39 is 16.7 Å². The molecular formula is C12H14ClNO4S. The summed E-state index contributed by atoms with van der Waals surface area (Å²) in [5, 5.41) is 0.368. The van der Waals surface area contributed by atoms with Gasteiger partial charge in [-0.25, -0.2) is 4.31 Å². The van der Waals surface area contributed by atoms with Gasteiger partial charge in [0.2, 0.25) is 0 Å². The van der Waals surface area contributed by atoms with Crippen LogP contribution >= 0.6 is 22.4 Å². The number of carbonyl (C=O) groups excluding carboxylic acids is 2. The smallest absolute Gasteiger partial charge is 0.274 e. The molecule has 2 N–H and O–H groups in total. The molecule has 0 saturated heterocycles. The van der Waals surface area contributed by atoms with Crippen molar-refractivity contribution in [1.29, 1.82) is 0 Å². The van der Waals surface area contributed by atoms with Gasteiger partial charge in [-0.2, -0.15) is 0 Å². The van der Waals surface area contributed by atoms with E-state index in [9.17, 15) is 18.7 Å². The summed E-state index contributed by atoms with van der Waals surface area (Å²) in [6, 6.07) is 4.40. The maximum absolute atomic E-state index is 12.1. The van der Waals surface area contributed by atoms with E-state index in [1.54, 1.807) is 0 Å². The number of benzene rings is 1. The van der Waals surface area contributed by atoms with Crippen LogP contribution in [0, 0.1) is 0 Å². The van der Waals surface area contributed by atoms with Gasteiger partial charge < -0.3 is 4.79 Å². The van der Waals surface area contributed by atoms with E-state index in [2.05, 4.69) is 0 Å². The van der Waals surface area contributed by atoms with Gasteiger partial charge in [-0.15, -0.1) is 0 Å². The maximum atomic E-state index is 12.1.